The normalized spacial score (nSPS) is 20.1. The first-order valence-electron chi connectivity index (χ1n) is 10.9. The highest BCUT2D eigenvalue weighted by molar-refractivity contribution is 5.98. The van der Waals surface area contributed by atoms with E-state index in [1.165, 1.54) is 17.0 Å². The second kappa shape index (κ2) is 9.13. The van der Waals surface area contributed by atoms with Crippen molar-refractivity contribution < 1.29 is 31.9 Å². The van der Waals surface area contributed by atoms with E-state index in [0.717, 1.165) is 43.5 Å². The standard InChI is InChI=1S/C24H24F4N2O3/c25-19-10-4-16(5-11-19)14-29-21(31)20-15-33-23(12-2-1-3-13-23)30(20)22(32)17-6-8-18(9-7-17)24(26,27)28/h4-11,20H,1-3,12-15H2,(H,29,31)/t20-/m0/s1. The predicted molar refractivity (Wildman–Crippen MR) is 111 cm³/mol. The zero-order chi connectivity index (χ0) is 23.6. The third-order valence-corrected chi connectivity index (χ3v) is 6.26. The van der Waals surface area contributed by atoms with Crippen LogP contribution in [0.25, 0.3) is 0 Å². The van der Waals surface area contributed by atoms with Crippen LogP contribution in [-0.2, 0) is 22.3 Å². The van der Waals surface area contributed by atoms with Gasteiger partial charge in [0, 0.05) is 12.1 Å². The Bertz CT molecular complexity index is 1000. The van der Waals surface area contributed by atoms with Crippen molar-refractivity contribution >= 4 is 11.8 Å². The molecule has 1 aliphatic heterocycles. The quantitative estimate of drug-likeness (QED) is 0.670. The summed E-state index contributed by atoms with van der Waals surface area (Å²) in [5.74, 6) is -1.35. The van der Waals surface area contributed by atoms with Crippen LogP contribution in [0.15, 0.2) is 48.5 Å². The molecule has 4 rings (SSSR count). The van der Waals surface area contributed by atoms with Crippen LogP contribution in [-0.4, -0.2) is 35.1 Å². The van der Waals surface area contributed by atoms with Gasteiger partial charge >= 0.3 is 6.18 Å². The maximum Gasteiger partial charge on any atom is 0.416 e. The van der Waals surface area contributed by atoms with Gasteiger partial charge in [0.15, 0.2) is 0 Å². The number of amides is 2. The number of alkyl halides is 3. The Balaban J connectivity index is 1.56. The Labute approximate surface area is 188 Å². The average molecular weight is 464 g/mol. The van der Waals surface area contributed by atoms with Crippen molar-refractivity contribution in [2.45, 2.75) is 56.6 Å². The summed E-state index contributed by atoms with van der Waals surface area (Å²) in [6.07, 6.45) is -0.774. The fourth-order valence-corrected chi connectivity index (χ4v) is 4.52. The molecule has 1 saturated heterocycles. The van der Waals surface area contributed by atoms with E-state index in [9.17, 15) is 27.2 Å². The number of ether oxygens (including phenoxy) is 1. The van der Waals surface area contributed by atoms with E-state index in [-0.39, 0.29) is 24.5 Å². The minimum absolute atomic E-state index is 0.00161. The molecular formula is C24H24F4N2O3. The van der Waals surface area contributed by atoms with Gasteiger partial charge in [-0.2, -0.15) is 13.2 Å². The topological polar surface area (TPSA) is 58.6 Å². The van der Waals surface area contributed by atoms with Crippen molar-refractivity contribution in [1.29, 1.82) is 0 Å². The molecule has 1 spiro atoms. The molecule has 1 aliphatic carbocycles. The fourth-order valence-electron chi connectivity index (χ4n) is 4.52. The van der Waals surface area contributed by atoms with Crippen molar-refractivity contribution in [2.24, 2.45) is 0 Å². The minimum atomic E-state index is -4.51. The molecule has 2 aromatic rings. The van der Waals surface area contributed by atoms with Gasteiger partial charge in [-0.3, -0.25) is 14.5 Å². The third kappa shape index (κ3) is 4.88. The zero-order valence-electron chi connectivity index (χ0n) is 17.8. The van der Waals surface area contributed by atoms with Crippen molar-refractivity contribution in [3.8, 4) is 0 Å². The average Bonchev–Trinajstić information content (AvgIpc) is 3.16. The molecule has 0 bridgehead atoms. The van der Waals surface area contributed by atoms with Gasteiger partial charge in [-0.25, -0.2) is 4.39 Å². The van der Waals surface area contributed by atoms with Gasteiger partial charge < -0.3 is 10.1 Å². The first-order chi connectivity index (χ1) is 15.7. The van der Waals surface area contributed by atoms with E-state index in [2.05, 4.69) is 5.32 Å². The number of benzene rings is 2. The molecule has 0 unspecified atom stereocenters. The van der Waals surface area contributed by atoms with Crippen LogP contribution >= 0.6 is 0 Å². The van der Waals surface area contributed by atoms with Crippen LogP contribution < -0.4 is 5.32 Å². The molecule has 1 atom stereocenters. The Morgan fingerprint density at radius 1 is 1.00 bits per heavy atom. The lowest BCUT2D eigenvalue weighted by Crippen LogP contribution is -2.56. The molecule has 2 fully saturated rings. The number of nitrogens with one attached hydrogen (secondary N) is 1. The van der Waals surface area contributed by atoms with Crippen molar-refractivity contribution in [2.75, 3.05) is 6.61 Å². The number of carbonyl (C=O) groups excluding carboxylic acids is 2. The highest BCUT2D eigenvalue weighted by atomic mass is 19.4. The maximum absolute atomic E-state index is 13.5. The van der Waals surface area contributed by atoms with Gasteiger partial charge in [-0.1, -0.05) is 18.6 Å². The Morgan fingerprint density at radius 2 is 1.64 bits per heavy atom. The van der Waals surface area contributed by atoms with Gasteiger partial charge in [0.2, 0.25) is 5.91 Å². The molecule has 1 N–H and O–H groups in total. The summed E-state index contributed by atoms with van der Waals surface area (Å²) in [6, 6.07) is 8.75. The molecule has 0 aromatic heterocycles. The van der Waals surface area contributed by atoms with Gasteiger partial charge in [0.25, 0.3) is 5.91 Å². The molecule has 33 heavy (non-hydrogen) atoms. The van der Waals surface area contributed by atoms with Gasteiger partial charge in [0.1, 0.15) is 17.6 Å². The lowest BCUT2D eigenvalue weighted by Gasteiger charge is -2.41. The Hall–Kier alpha value is -2.94. The van der Waals surface area contributed by atoms with Crippen LogP contribution in [0.4, 0.5) is 17.6 Å². The SMILES string of the molecule is O=C(NCc1ccc(F)cc1)[C@@H]1COC2(CCCCC2)N1C(=O)c1ccc(C(F)(F)F)cc1. The summed E-state index contributed by atoms with van der Waals surface area (Å²) in [6.45, 7) is 0.145. The molecule has 2 aliphatic rings. The summed E-state index contributed by atoms with van der Waals surface area (Å²) in [7, 11) is 0. The molecule has 1 saturated carbocycles. The summed E-state index contributed by atoms with van der Waals surface area (Å²) in [4.78, 5) is 27.9. The highest BCUT2D eigenvalue weighted by Crippen LogP contribution is 2.41. The summed E-state index contributed by atoms with van der Waals surface area (Å²) >= 11 is 0. The number of hydrogen-bond acceptors (Lipinski definition) is 3. The van der Waals surface area contributed by atoms with Crippen LogP contribution in [0.2, 0.25) is 0 Å². The van der Waals surface area contributed by atoms with E-state index in [0.29, 0.717) is 18.4 Å². The first kappa shape index (κ1) is 23.2. The number of nitrogens with zero attached hydrogens (tertiary/aromatic N) is 1. The molecule has 1 heterocycles. The number of hydrogen-bond donors (Lipinski definition) is 1. The van der Waals surface area contributed by atoms with Gasteiger partial charge in [-0.15, -0.1) is 0 Å². The van der Waals surface area contributed by atoms with Crippen molar-refractivity contribution in [1.82, 2.24) is 10.2 Å². The second-order valence-electron chi connectivity index (χ2n) is 8.43. The summed E-state index contributed by atoms with van der Waals surface area (Å²) in [5, 5.41) is 2.76. The predicted octanol–water partition coefficient (Wildman–Crippen LogP) is 4.66. The van der Waals surface area contributed by atoms with Gasteiger partial charge in [-0.05, 0) is 67.6 Å². The number of halogens is 4. The van der Waals surface area contributed by atoms with Crippen LogP contribution in [0.3, 0.4) is 0 Å². The Morgan fingerprint density at radius 3 is 2.24 bits per heavy atom. The second-order valence-corrected chi connectivity index (χ2v) is 8.43. The van der Waals surface area contributed by atoms with E-state index in [1.807, 2.05) is 0 Å². The van der Waals surface area contributed by atoms with Crippen molar-refractivity contribution in [3.63, 3.8) is 0 Å². The summed E-state index contributed by atoms with van der Waals surface area (Å²) in [5.41, 5.74) is -1.04. The highest BCUT2D eigenvalue weighted by Gasteiger charge is 2.53. The summed E-state index contributed by atoms with van der Waals surface area (Å²) < 4.78 is 57.9. The maximum atomic E-state index is 13.5. The van der Waals surface area contributed by atoms with E-state index >= 15 is 0 Å². The lowest BCUT2D eigenvalue weighted by molar-refractivity contribution is -0.137. The molecule has 9 heteroatoms. The molecule has 5 nitrogen and oxygen atoms in total. The van der Waals surface area contributed by atoms with E-state index < -0.39 is 35.3 Å². The van der Waals surface area contributed by atoms with Gasteiger partial charge in [0.05, 0.1) is 12.2 Å². The molecule has 176 valence electrons. The first-order valence-corrected chi connectivity index (χ1v) is 10.9. The van der Waals surface area contributed by atoms with Crippen molar-refractivity contribution in [3.05, 3.63) is 71.0 Å². The number of carbonyl (C=O) groups is 2. The smallest absolute Gasteiger partial charge is 0.353 e. The van der Waals surface area contributed by atoms with Crippen LogP contribution in [0, 0.1) is 5.82 Å². The fraction of sp³-hybridized carbons (Fsp3) is 0.417. The minimum Gasteiger partial charge on any atom is -0.353 e. The van der Waals surface area contributed by atoms with Crippen LogP contribution in [0.1, 0.15) is 53.6 Å². The molecule has 2 amide bonds. The van der Waals surface area contributed by atoms with E-state index in [1.54, 1.807) is 12.1 Å². The largest absolute Gasteiger partial charge is 0.416 e. The van der Waals surface area contributed by atoms with E-state index in [4.69, 9.17) is 4.74 Å². The monoisotopic (exact) mass is 464 g/mol. The zero-order valence-corrected chi connectivity index (χ0v) is 17.8. The Kier molecular flexibility index (Phi) is 6.43. The molecular weight excluding hydrogens is 440 g/mol. The number of rotatable bonds is 4. The lowest BCUT2D eigenvalue weighted by atomic mass is 9.89. The third-order valence-electron chi connectivity index (χ3n) is 6.26. The van der Waals surface area contributed by atoms with Crippen LogP contribution in [0.5, 0.6) is 0 Å². The molecule has 2 aromatic carbocycles. The molecule has 0 radical (unpaired) electrons.